The Morgan fingerprint density at radius 2 is 1.83 bits per heavy atom. The average molecular weight is 313 g/mol. The van der Waals surface area contributed by atoms with Gasteiger partial charge in [-0.25, -0.2) is 0 Å². The minimum absolute atomic E-state index is 0.0528. The zero-order valence-electron chi connectivity index (χ0n) is 12.3. The van der Waals surface area contributed by atoms with Crippen LogP contribution in [0.15, 0.2) is 48.5 Å². The van der Waals surface area contributed by atoms with E-state index in [-0.39, 0.29) is 13.3 Å². The Labute approximate surface area is 132 Å². The molecule has 2 aromatic rings. The van der Waals surface area contributed by atoms with Crippen LogP contribution in [0.1, 0.15) is 15.9 Å². The summed E-state index contributed by atoms with van der Waals surface area (Å²) in [5, 5.41) is 9.10. The predicted octanol–water partition coefficient (Wildman–Crippen LogP) is 2.14. The molecule has 0 fully saturated rings. The Morgan fingerprint density at radius 1 is 1.04 bits per heavy atom. The summed E-state index contributed by atoms with van der Waals surface area (Å²) in [5.74, 6) is -0.621. The Bertz CT molecular complexity index is 729. The first-order valence-electron chi connectivity index (χ1n) is 7.09. The topological polar surface area (TPSA) is 76.1 Å². The standard InChI is InChI=1S/C17H15NO5/c19-15(20)10-18(9-12-5-2-1-3-6-12)17(21)13-7-4-8-14-16(13)23-11-22-14/h1-8H,9-11H2,(H,19,20). The van der Waals surface area contributed by atoms with Crippen molar-refractivity contribution in [2.24, 2.45) is 0 Å². The molecule has 0 saturated heterocycles. The van der Waals surface area contributed by atoms with Gasteiger partial charge in [-0.2, -0.15) is 0 Å². The SMILES string of the molecule is O=C(O)CN(Cc1ccccc1)C(=O)c1cccc2c1OCO2. The number of rotatable bonds is 5. The predicted molar refractivity (Wildman–Crippen MR) is 81.4 cm³/mol. The second-order valence-electron chi connectivity index (χ2n) is 5.08. The van der Waals surface area contributed by atoms with Crippen molar-refractivity contribution in [3.8, 4) is 11.5 Å². The van der Waals surface area contributed by atoms with E-state index in [0.717, 1.165) is 5.56 Å². The van der Waals surface area contributed by atoms with E-state index in [2.05, 4.69) is 0 Å². The molecule has 1 aliphatic rings. The van der Waals surface area contributed by atoms with Crippen molar-refractivity contribution in [2.75, 3.05) is 13.3 Å². The molecular weight excluding hydrogens is 298 g/mol. The number of amides is 1. The molecule has 6 heteroatoms. The van der Waals surface area contributed by atoms with E-state index in [4.69, 9.17) is 14.6 Å². The number of hydrogen-bond acceptors (Lipinski definition) is 4. The minimum atomic E-state index is -1.07. The summed E-state index contributed by atoms with van der Waals surface area (Å²) < 4.78 is 10.6. The average Bonchev–Trinajstić information content (AvgIpc) is 3.02. The van der Waals surface area contributed by atoms with Crippen LogP contribution in [0.2, 0.25) is 0 Å². The van der Waals surface area contributed by atoms with Gasteiger partial charge in [0.25, 0.3) is 5.91 Å². The second-order valence-corrected chi connectivity index (χ2v) is 5.08. The van der Waals surface area contributed by atoms with Gasteiger partial charge in [0.05, 0.1) is 5.56 Å². The molecule has 1 amide bonds. The summed E-state index contributed by atoms with van der Waals surface area (Å²) in [7, 11) is 0. The first-order valence-corrected chi connectivity index (χ1v) is 7.09. The molecule has 0 spiro atoms. The van der Waals surface area contributed by atoms with E-state index in [1.54, 1.807) is 18.2 Å². The number of benzene rings is 2. The first kappa shape index (κ1) is 14.9. The first-order chi connectivity index (χ1) is 11.1. The van der Waals surface area contributed by atoms with Crippen molar-refractivity contribution in [2.45, 2.75) is 6.54 Å². The highest BCUT2D eigenvalue weighted by molar-refractivity contribution is 5.99. The minimum Gasteiger partial charge on any atom is -0.480 e. The summed E-state index contributed by atoms with van der Waals surface area (Å²) in [5.41, 5.74) is 1.16. The Balaban J connectivity index is 1.89. The number of hydrogen-bond donors (Lipinski definition) is 1. The number of fused-ring (bicyclic) bond motifs is 1. The van der Waals surface area contributed by atoms with Crippen molar-refractivity contribution in [3.05, 3.63) is 59.7 Å². The second kappa shape index (κ2) is 6.39. The number of carboxylic acids is 1. The van der Waals surface area contributed by atoms with Gasteiger partial charge in [0, 0.05) is 6.54 Å². The molecule has 1 heterocycles. The monoisotopic (exact) mass is 313 g/mol. The van der Waals surface area contributed by atoms with Gasteiger partial charge >= 0.3 is 5.97 Å². The van der Waals surface area contributed by atoms with Crippen LogP contribution in [0, 0.1) is 0 Å². The Kier molecular flexibility index (Phi) is 4.14. The maximum Gasteiger partial charge on any atom is 0.323 e. The lowest BCUT2D eigenvalue weighted by atomic mass is 10.1. The van der Waals surface area contributed by atoms with Gasteiger partial charge in [-0.1, -0.05) is 36.4 Å². The summed E-state index contributed by atoms with van der Waals surface area (Å²) >= 11 is 0. The van der Waals surface area contributed by atoms with Crippen LogP contribution >= 0.6 is 0 Å². The largest absolute Gasteiger partial charge is 0.480 e. The van der Waals surface area contributed by atoms with Gasteiger partial charge in [0.2, 0.25) is 6.79 Å². The van der Waals surface area contributed by atoms with E-state index in [1.165, 1.54) is 4.90 Å². The number of para-hydroxylation sites is 1. The smallest absolute Gasteiger partial charge is 0.323 e. The van der Waals surface area contributed by atoms with Crippen LogP contribution in [0.5, 0.6) is 11.5 Å². The molecule has 23 heavy (non-hydrogen) atoms. The molecule has 0 bridgehead atoms. The van der Waals surface area contributed by atoms with Crippen molar-refractivity contribution in [1.82, 2.24) is 4.90 Å². The number of carboxylic acid groups (broad SMARTS) is 1. The van der Waals surface area contributed by atoms with Gasteiger partial charge in [0.15, 0.2) is 11.5 Å². The van der Waals surface area contributed by atoms with Gasteiger partial charge in [-0.05, 0) is 17.7 Å². The van der Waals surface area contributed by atoms with Crippen LogP contribution in [0.3, 0.4) is 0 Å². The third-order valence-electron chi connectivity index (χ3n) is 3.46. The summed E-state index contributed by atoms with van der Waals surface area (Å²) in [4.78, 5) is 25.2. The molecule has 0 aromatic heterocycles. The molecule has 0 radical (unpaired) electrons. The Morgan fingerprint density at radius 3 is 2.57 bits per heavy atom. The zero-order chi connectivity index (χ0) is 16.2. The quantitative estimate of drug-likeness (QED) is 0.915. The molecule has 1 aliphatic heterocycles. The van der Waals surface area contributed by atoms with Crippen molar-refractivity contribution in [1.29, 1.82) is 0 Å². The van der Waals surface area contributed by atoms with Crippen molar-refractivity contribution < 1.29 is 24.2 Å². The molecular formula is C17H15NO5. The van der Waals surface area contributed by atoms with Gasteiger partial charge in [-0.3, -0.25) is 9.59 Å². The molecule has 0 saturated carbocycles. The molecule has 2 aromatic carbocycles. The van der Waals surface area contributed by atoms with Crippen LogP contribution in [0.25, 0.3) is 0 Å². The zero-order valence-corrected chi connectivity index (χ0v) is 12.3. The third kappa shape index (κ3) is 3.26. The summed E-state index contributed by atoms with van der Waals surface area (Å²) in [6.07, 6.45) is 0. The van der Waals surface area contributed by atoms with Crippen LogP contribution in [-0.4, -0.2) is 35.2 Å². The Hall–Kier alpha value is -3.02. The molecule has 6 nitrogen and oxygen atoms in total. The van der Waals surface area contributed by atoms with Gasteiger partial charge in [-0.15, -0.1) is 0 Å². The molecule has 3 rings (SSSR count). The highest BCUT2D eigenvalue weighted by atomic mass is 16.7. The molecule has 118 valence electrons. The number of carbonyl (C=O) groups is 2. The van der Waals surface area contributed by atoms with E-state index < -0.39 is 18.4 Å². The summed E-state index contributed by atoms with van der Waals surface area (Å²) in [6.45, 7) is -0.133. The fraction of sp³-hybridized carbons (Fsp3) is 0.176. The van der Waals surface area contributed by atoms with Crippen LogP contribution in [-0.2, 0) is 11.3 Å². The van der Waals surface area contributed by atoms with Crippen LogP contribution < -0.4 is 9.47 Å². The highest BCUT2D eigenvalue weighted by Gasteiger charge is 2.26. The maximum absolute atomic E-state index is 12.8. The lowest BCUT2D eigenvalue weighted by Crippen LogP contribution is -2.35. The van der Waals surface area contributed by atoms with E-state index in [0.29, 0.717) is 17.1 Å². The number of nitrogens with zero attached hydrogens (tertiary/aromatic N) is 1. The molecule has 0 atom stereocenters. The molecule has 0 aliphatic carbocycles. The van der Waals surface area contributed by atoms with E-state index in [9.17, 15) is 9.59 Å². The number of aliphatic carboxylic acids is 1. The lowest BCUT2D eigenvalue weighted by molar-refractivity contribution is -0.137. The fourth-order valence-corrected chi connectivity index (χ4v) is 2.44. The molecule has 0 unspecified atom stereocenters. The highest BCUT2D eigenvalue weighted by Crippen LogP contribution is 2.36. The molecule has 1 N–H and O–H groups in total. The van der Waals surface area contributed by atoms with Gasteiger partial charge in [0.1, 0.15) is 6.54 Å². The summed E-state index contributed by atoms with van der Waals surface area (Å²) in [6, 6.07) is 14.2. The van der Waals surface area contributed by atoms with Gasteiger partial charge < -0.3 is 19.5 Å². The maximum atomic E-state index is 12.8. The number of carbonyl (C=O) groups excluding carboxylic acids is 1. The van der Waals surface area contributed by atoms with Crippen molar-refractivity contribution in [3.63, 3.8) is 0 Å². The van der Waals surface area contributed by atoms with E-state index >= 15 is 0 Å². The normalized spacial score (nSPS) is 12.0. The lowest BCUT2D eigenvalue weighted by Gasteiger charge is -2.21. The van der Waals surface area contributed by atoms with Crippen LogP contribution in [0.4, 0.5) is 0 Å². The number of ether oxygens (including phenoxy) is 2. The fourth-order valence-electron chi connectivity index (χ4n) is 2.44. The van der Waals surface area contributed by atoms with Crippen molar-refractivity contribution >= 4 is 11.9 Å². The third-order valence-corrected chi connectivity index (χ3v) is 3.46. The van der Waals surface area contributed by atoms with E-state index in [1.807, 2.05) is 30.3 Å².